The summed E-state index contributed by atoms with van der Waals surface area (Å²) in [4.78, 5) is 14.5. The lowest BCUT2D eigenvalue weighted by Crippen LogP contribution is -2.54. The van der Waals surface area contributed by atoms with Gasteiger partial charge in [0.15, 0.2) is 0 Å². The first-order chi connectivity index (χ1) is 8.60. The third-order valence-corrected chi connectivity index (χ3v) is 3.86. The Morgan fingerprint density at radius 2 is 2.22 bits per heavy atom. The van der Waals surface area contributed by atoms with Gasteiger partial charge in [0.05, 0.1) is 12.6 Å². The van der Waals surface area contributed by atoms with Gasteiger partial charge >= 0.3 is 0 Å². The quantitative estimate of drug-likeness (QED) is 0.788. The highest BCUT2D eigenvalue weighted by atomic mass is 16.5. The predicted octanol–water partition coefficient (Wildman–Crippen LogP) is 1.79. The zero-order valence-corrected chi connectivity index (χ0v) is 12.2. The van der Waals surface area contributed by atoms with Crippen LogP contribution in [-0.4, -0.2) is 49.2 Å². The van der Waals surface area contributed by atoms with E-state index in [0.717, 1.165) is 19.3 Å². The van der Waals surface area contributed by atoms with Gasteiger partial charge in [0.1, 0.15) is 0 Å². The highest BCUT2D eigenvalue weighted by Gasteiger charge is 2.29. The molecule has 1 amide bonds. The third kappa shape index (κ3) is 4.25. The van der Waals surface area contributed by atoms with Crippen molar-refractivity contribution in [3.63, 3.8) is 0 Å². The summed E-state index contributed by atoms with van der Waals surface area (Å²) in [6.45, 7) is 7.69. The Balaban J connectivity index is 2.62. The van der Waals surface area contributed by atoms with E-state index in [2.05, 4.69) is 26.1 Å². The Morgan fingerprint density at radius 1 is 1.50 bits per heavy atom. The SMILES string of the molecule is CCC(C)N(CCOC)C(=O)C1CCCC(C)N1. The monoisotopic (exact) mass is 256 g/mol. The van der Waals surface area contributed by atoms with Crippen LogP contribution in [0.15, 0.2) is 0 Å². The Hall–Kier alpha value is -0.610. The van der Waals surface area contributed by atoms with Gasteiger partial charge in [0.2, 0.25) is 5.91 Å². The van der Waals surface area contributed by atoms with Gasteiger partial charge in [0.25, 0.3) is 0 Å². The van der Waals surface area contributed by atoms with Gasteiger partial charge < -0.3 is 15.0 Å². The van der Waals surface area contributed by atoms with Crippen LogP contribution in [0, 0.1) is 0 Å². The van der Waals surface area contributed by atoms with E-state index < -0.39 is 0 Å². The van der Waals surface area contributed by atoms with Crippen LogP contribution in [-0.2, 0) is 9.53 Å². The van der Waals surface area contributed by atoms with Crippen molar-refractivity contribution in [2.24, 2.45) is 0 Å². The number of hydrogen-bond acceptors (Lipinski definition) is 3. The minimum absolute atomic E-state index is 0.000365. The predicted molar refractivity (Wildman–Crippen MR) is 73.6 cm³/mol. The number of piperidine rings is 1. The first-order valence-corrected chi connectivity index (χ1v) is 7.15. The second-order valence-corrected chi connectivity index (χ2v) is 5.33. The fraction of sp³-hybridized carbons (Fsp3) is 0.929. The number of nitrogens with one attached hydrogen (secondary N) is 1. The molecule has 0 aliphatic carbocycles. The molecule has 1 N–H and O–H groups in total. The molecule has 4 heteroatoms. The van der Waals surface area contributed by atoms with Crippen molar-refractivity contribution in [3.8, 4) is 0 Å². The maximum absolute atomic E-state index is 12.6. The van der Waals surface area contributed by atoms with E-state index >= 15 is 0 Å². The number of methoxy groups -OCH3 is 1. The average Bonchev–Trinajstić information content (AvgIpc) is 2.38. The van der Waals surface area contributed by atoms with E-state index in [-0.39, 0.29) is 18.0 Å². The zero-order valence-electron chi connectivity index (χ0n) is 12.2. The molecule has 0 bridgehead atoms. The highest BCUT2D eigenvalue weighted by molar-refractivity contribution is 5.82. The van der Waals surface area contributed by atoms with Gasteiger partial charge in [-0.05, 0) is 39.5 Å². The molecule has 0 aromatic carbocycles. The molecule has 1 saturated heterocycles. The van der Waals surface area contributed by atoms with Crippen molar-refractivity contribution in [3.05, 3.63) is 0 Å². The number of ether oxygens (including phenoxy) is 1. The summed E-state index contributed by atoms with van der Waals surface area (Å²) < 4.78 is 5.11. The third-order valence-electron chi connectivity index (χ3n) is 3.86. The van der Waals surface area contributed by atoms with Crippen molar-refractivity contribution in [2.45, 2.75) is 64.6 Å². The topological polar surface area (TPSA) is 41.6 Å². The molecule has 3 unspecified atom stereocenters. The highest BCUT2D eigenvalue weighted by Crippen LogP contribution is 2.16. The van der Waals surface area contributed by atoms with Crippen LogP contribution in [0.4, 0.5) is 0 Å². The summed E-state index contributed by atoms with van der Waals surface area (Å²) in [5.74, 6) is 0.243. The minimum Gasteiger partial charge on any atom is -0.383 e. The first-order valence-electron chi connectivity index (χ1n) is 7.15. The molecular weight excluding hydrogens is 228 g/mol. The summed E-state index contributed by atoms with van der Waals surface area (Å²) in [5, 5.41) is 3.42. The molecule has 1 heterocycles. The van der Waals surface area contributed by atoms with E-state index in [0.29, 0.717) is 19.2 Å². The molecule has 106 valence electrons. The standard InChI is InChI=1S/C14H28N2O2/c1-5-12(3)16(9-10-18-4)14(17)13-8-6-7-11(2)15-13/h11-13,15H,5-10H2,1-4H3. The maximum Gasteiger partial charge on any atom is 0.240 e. The normalized spacial score (nSPS) is 25.8. The molecule has 1 rings (SSSR count). The summed E-state index contributed by atoms with van der Waals surface area (Å²) in [6, 6.07) is 0.736. The van der Waals surface area contributed by atoms with E-state index in [4.69, 9.17) is 4.74 Å². The first kappa shape index (κ1) is 15.4. The molecule has 18 heavy (non-hydrogen) atoms. The molecule has 0 saturated carbocycles. The van der Waals surface area contributed by atoms with E-state index in [1.54, 1.807) is 7.11 Å². The van der Waals surface area contributed by atoms with Crippen molar-refractivity contribution >= 4 is 5.91 Å². The summed E-state index contributed by atoms with van der Waals surface area (Å²) >= 11 is 0. The molecule has 0 spiro atoms. The molecule has 0 aromatic heterocycles. The fourth-order valence-electron chi connectivity index (χ4n) is 2.49. The Morgan fingerprint density at radius 3 is 2.78 bits per heavy atom. The molecule has 1 aliphatic rings. The van der Waals surface area contributed by atoms with Crippen LogP contribution in [0.2, 0.25) is 0 Å². The lowest BCUT2D eigenvalue weighted by Gasteiger charge is -2.35. The van der Waals surface area contributed by atoms with Crippen molar-refractivity contribution in [1.82, 2.24) is 10.2 Å². The smallest absolute Gasteiger partial charge is 0.240 e. The number of carbonyl (C=O) groups excluding carboxylic acids is 1. The van der Waals surface area contributed by atoms with Gasteiger partial charge in [-0.15, -0.1) is 0 Å². The van der Waals surface area contributed by atoms with Crippen molar-refractivity contribution in [1.29, 1.82) is 0 Å². The molecule has 0 radical (unpaired) electrons. The average molecular weight is 256 g/mol. The molecule has 1 fully saturated rings. The van der Waals surface area contributed by atoms with Gasteiger partial charge in [-0.25, -0.2) is 0 Å². The van der Waals surface area contributed by atoms with Gasteiger partial charge in [0, 0.05) is 25.7 Å². The molecule has 4 nitrogen and oxygen atoms in total. The Kier molecular flexibility index (Phi) is 6.65. The Labute approximate surface area is 111 Å². The summed E-state index contributed by atoms with van der Waals surface area (Å²) in [6.07, 6.45) is 4.26. The number of rotatable bonds is 6. The van der Waals surface area contributed by atoms with Crippen LogP contribution < -0.4 is 5.32 Å². The zero-order chi connectivity index (χ0) is 13.5. The van der Waals surface area contributed by atoms with Crippen LogP contribution >= 0.6 is 0 Å². The summed E-state index contributed by atoms with van der Waals surface area (Å²) in [7, 11) is 1.68. The molecular formula is C14H28N2O2. The number of carbonyl (C=O) groups is 1. The summed E-state index contributed by atoms with van der Waals surface area (Å²) in [5.41, 5.74) is 0. The van der Waals surface area contributed by atoms with Gasteiger partial charge in [-0.3, -0.25) is 4.79 Å². The van der Waals surface area contributed by atoms with E-state index in [9.17, 15) is 4.79 Å². The fourth-order valence-corrected chi connectivity index (χ4v) is 2.49. The van der Waals surface area contributed by atoms with Crippen molar-refractivity contribution < 1.29 is 9.53 Å². The largest absolute Gasteiger partial charge is 0.383 e. The van der Waals surface area contributed by atoms with Gasteiger partial charge in [-0.2, -0.15) is 0 Å². The minimum atomic E-state index is -0.000365. The number of hydrogen-bond donors (Lipinski definition) is 1. The second kappa shape index (κ2) is 7.74. The van der Waals surface area contributed by atoms with E-state index in [1.165, 1.54) is 6.42 Å². The van der Waals surface area contributed by atoms with Crippen LogP contribution in [0.25, 0.3) is 0 Å². The lowest BCUT2D eigenvalue weighted by molar-refractivity contribution is -0.137. The molecule has 1 aliphatic heterocycles. The Bertz CT molecular complexity index is 258. The second-order valence-electron chi connectivity index (χ2n) is 5.33. The van der Waals surface area contributed by atoms with Crippen LogP contribution in [0.5, 0.6) is 0 Å². The van der Waals surface area contributed by atoms with E-state index in [1.807, 2.05) is 4.90 Å². The maximum atomic E-state index is 12.6. The van der Waals surface area contributed by atoms with Crippen LogP contribution in [0.3, 0.4) is 0 Å². The van der Waals surface area contributed by atoms with Crippen LogP contribution in [0.1, 0.15) is 46.5 Å². The molecule has 3 atom stereocenters. The van der Waals surface area contributed by atoms with Crippen molar-refractivity contribution in [2.75, 3.05) is 20.3 Å². The number of amides is 1. The lowest BCUT2D eigenvalue weighted by atomic mass is 9.98. The molecule has 0 aromatic rings. The number of nitrogens with zero attached hydrogens (tertiary/aromatic N) is 1. The van der Waals surface area contributed by atoms with Gasteiger partial charge in [-0.1, -0.05) is 6.92 Å².